The molecule has 0 fully saturated rings. The van der Waals surface area contributed by atoms with Crippen molar-refractivity contribution in [1.29, 1.82) is 0 Å². The zero-order chi connectivity index (χ0) is 40.1. The number of nitrogens with zero attached hydrogens (tertiary/aromatic N) is 8. The Bertz CT molecular complexity index is 2820. The fourth-order valence-electron chi connectivity index (χ4n) is 6.10. The molecule has 0 amide bonds. The minimum Gasteiger partial charge on any atom is -0.357 e. The minimum atomic E-state index is -0.109. The highest BCUT2D eigenvalue weighted by Crippen LogP contribution is 2.54. The summed E-state index contributed by atoms with van der Waals surface area (Å²) in [6.07, 6.45) is 0. The maximum Gasteiger partial charge on any atom is 0.0944 e. The molecule has 0 atom stereocenters. The minimum absolute atomic E-state index is 0.0821. The lowest BCUT2D eigenvalue weighted by atomic mass is 10.1. The Morgan fingerprint density at radius 1 is 0.214 bits per heavy atom. The van der Waals surface area contributed by atoms with Crippen molar-refractivity contribution in [3.05, 3.63) is 80.4 Å². The summed E-state index contributed by atoms with van der Waals surface area (Å²) in [4.78, 5) is 37.7. The predicted octanol–water partition coefficient (Wildman–Crippen LogP) is 16.6. The lowest BCUT2D eigenvalue weighted by molar-refractivity contribution is 1.18. The smallest absolute Gasteiger partial charge is 0.0944 e. The second kappa shape index (κ2) is 14.2. The van der Waals surface area contributed by atoms with E-state index in [1.54, 1.807) is 0 Å². The van der Waals surface area contributed by atoms with Gasteiger partial charge in [0.25, 0.3) is 0 Å². The van der Waals surface area contributed by atoms with Crippen LogP contribution in [-0.4, -0.2) is 29.9 Å². The normalized spacial score (nSPS) is 12.3. The Balaban J connectivity index is 1.61. The molecule has 0 radical (unpaired) electrons. The molecule has 0 unspecified atom stereocenters. The Morgan fingerprint density at radius 3 is 0.589 bits per heavy atom. The van der Waals surface area contributed by atoms with Crippen LogP contribution in [0, 0.1) is 0 Å². The maximum absolute atomic E-state index is 6.82. The zero-order valence-electron chi connectivity index (χ0n) is 25.6. The second-order valence-electron chi connectivity index (χ2n) is 11.5. The molecule has 24 heteroatoms. The van der Waals surface area contributed by atoms with Crippen molar-refractivity contribution in [2.45, 2.75) is 0 Å². The molecule has 9 rings (SSSR count). The Labute approximate surface area is 391 Å². The van der Waals surface area contributed by atoms with Crippen LogP contribution < -0.4 is 9.97 Å². The van der Waals surface area contributed by atoms with Gasteiger partial charge in [-0.25, -0.2) is 9.97 Å². The Kier molecular flexibility index (Phi) is 10.2. The van der Waals surface area contributed by atoms with Crippen LogP contribution >= 0.6 is 186 Å². The summed E-state index contributed by atoms with van der Waals surface area (Å²) < 4.78 is 0. The number of hydrogen-bond donors (Lipinski definition) is 0. The van der Waals surface area contributed by atoms with Gasteiger partial charge < -0.3 is 29.9 Å². The molecular weight excluding hydrogens is 1060 g/mol. The van der Waals surface area contributed by atoms with Crippen LogP contribution in [0.3, 0.4) is 0 Å². The Hall–Kier alpha value is -1.12. The van der Waals surface area contributed by atoms with Crippen LogP contribution in [0.25, 0.3) is 89.7 Å². The number of benzene rings is 4. The highest BCUT2D eigenvalue weighted by atomic mass is 35.5. The third-order valence-corrected chi connectivity index (χ3v) is 15.8. The van der Waals surface area contributed by atoms with E-state index >= 15 is 0 Å². The first kappa shape index (κ1) is 40.3. The van der Waals surface area contributed by atoms with E-state index in [0.29, 0.717) is 0 Å². The monoisotopic (exact) mass is 1060 g/mol. The molecule has 0 saturated heterocycles. The van der Waals surface area contributed by atoms with Gasteiger partial charge in [0, 0.05) is 66.4 Å². The molecule has 0 saturated carbocycles. The molecule has 0 N–H and O–H groups in total. The molecule has 5 heterocycles. The standard InChI is InChI=1S/C32Cl16N8/c33-9-1-2(10(34)18(42)17(9)41)26-49-25(1)53-27-3-4(12(36)20(44)19(43)11(3)35)29(50-27)55-31-7-8(16(40)24(48)23(47)15(7)39)32(52-31)56-30-6-5(28(51-30)54-26)13(37)21(45)22(46)14(6)38/q-2. The van der Waals surface area contributed by atoms with E-state index in [1.165, 1.54) is 0 Å². The van der Waals surface area contributed by atoms with Gasteiger partial charge >= 0.3 is 0 Å². The Morgan fingerprint density at radius 2 is 0.393 bits per heavy atom. The van der Waals surface area contributed by atoms with Gasteiger partial charge in [-0.05, 0) is 0 Å². The molecule has 282 valence electrons. The van der Waals surface area contributed by atoms with Crippen LogP contribution in [0.1, 0.15) is 0 Å². The van der Waals surface area contributed by atoms with Gasteiger partial charge in [0.05, 0.1) is 104 Å². The highest BCUT2D eigenvalue weighted by molar-refractivity contribution is 6.59. The van der Waals surface area contributed by atoms with Gasteiger partial charge in [0.15, 0.2) is 0 Å². The van der Waals surface area contributed by atoms with Crippen molar-refractivity contribution in [2.24, 2.45) is 0 Å². The second-order valence-corrected chi connectivity index (χ2v) is 17.6. The topological polar surface area (TPSA) is 106 Å². The van der Waals surface area contributed by atoms with Crippen molar-refractivity contribution >= 4 is 230 Å². The molecule has 8 bridgehead atoms. The molecule has 7 aromatic rings. The number of hydrogen-bond acceptors (Lipinski definition) is 6. The van der Waals surface area contributed by atoms with Gasteiger partial charge in [0.2, 0.25) is 0 Å². The van der Waals surface area contributed by atoms with Crippen molar-refractivity contribution in [1.82, 2.24) is 39.9 Å². The van der Waals surface area contributed by atoms with Crippen LogP contribution in [-0.2, 0) is 0 Å². The van der Waals surface area contributed by atoms with Gasteiger partial charge in [-0.1, -0.05) is 186 Å². The number of halogens is 16. The van der Waals surface area contributed by atoms with E-state index in [-0.39, 0.29) is 170 Å². The predicted molar refractivity (Wildman–Crippen MR) is 234 cm³/mol. The molecule has 56 heavy (non-hydrogen) atoms. The van der Waals surface area contributed by atoms with E-state index < -0.39 is 0 Å². The number of aromatic nitrogens is 8. The van der Waals surface area contributed by atoms with E-state index in [9.17, 15) is 0 Å². The van der Waals surface area contributed by atoms with Gasteiger partial charge in [0.1, 0.15) is 0 Å². The average Bonchev–Trinajstić information content (AvgIpc) is 3.92. The molecule has 2 aliphatic rings. The van der Waals surface area contributed by atoms with E-state index in [1.807, 2.05) is 0 Å². The zero-order valence-corrected chi connectivity index (χ0v) is 37.7. The summed E-state index contributed by atoms with van der Waals surface area (Å²) in [5.74, 6) is -0.437. The third-order valence-electron chi connectivity index (χ3n) is 8.55. The number of rotatable bonds is 0. The molecule has 3 aromatic heterocycles. The average molecular weight is 1060 g/mol. The van der Waals surface area contributed by atoms with Crippen molar-refractivity contribution in [3.8, 4) is 45.6 Å². The summed E-state index contributed by atoms with van der Waals surface area (Å²) >= 11 is 107. The molecule has 8 nitrogen and oxygen atoms in total. The molecule has 2 aliphatic heterocycles. The molecule has 4 aromatic carbocycles. The number of fused-ring (bicyclic) bond motifs is 20. The van der Waals surface area contributed by atoms with Crippen molar-refractivity contribution in [3.63, 3.8) is 0 Å². The first-order chi connectivity index (χ1) is 26.4. The van der Waals surface area contributed by atoms with Crippen LogP contribution in [0.4, 0.5) is 0 Å². The van der Waals surface area contributed by atoms with E-state index in [0.717, 1.165) is 0 Å². The SMILES string of the molecule is Clc1c(Cl)c(Cl)c2c(c1Cl)-c1nc-2nc2[n-]c(nc3nc(nc4[n-]c(n1)c1c(Cl)c(Cl)c(Cl)c(Cl)c41)-c1c(Cl)c(Cl)c(Cl)c(Cl)c1-3)c1c(Cl)c(Cl)c(Cl)c(Cl)c21. The highest BCUT2D eigenvalue weighted by Gasteiger charge is 2.30. The van der Waals surface area contributed by atoms with E-state index in [4.69, 9.17) is 206 Å². The van der Waals surface area contributed by atoms with Crippen LogP contribution in [0.15, 0.2) is 0 Å². The van der Waals surface area contributed by atoms with Crippen LogP contribution in [0.2, 0.25) is 80.4 Å². The molecule has 0 spiro atoms. The molecular formula is C32Cl16N8-2. The van der Waals surface area contributed by atoms with E-state index in [2.05, 4.69) is 19.9 Å². The van der Waals surface area contributed by atoms with Crippen molar-refractivity contribution in [2.75, 3.05) is 0 Å². The maximum atomic E-state index is 6.82. The fraction of sp³-hybridized carbons (Fsp3) is 0. The third kappa shape index (κ3) is 5.64. The van der Waals surface area contributed by atoms with Crippen LogP contribution in [0.5, 0.6) is 0 Å². The lowest BCUT2D eigenvalue weighted by Crippen LogP contribution is -1.89. The summed E-state index contributed by atoms with van der Waals surface area (Å²) in [5, 5.41) is -1.06. The quantitative estimate of drug-likeness (QED) is 0.109. The van der Waals surface area contributed by atoms with Gasteiger partial charge in [-0.15, -0.1) is 0 Å². The summed E-state index contributed by atoms with van der Waals surface area (Å²) in [5.41, 5.74) is -0.000693. The molecule has 0 aliphatic carbocycles. The fourth-order valence-corrected chi connectivity index (χ4v) is 10.2. The summed E-state index contributed by atoms with van der Waals surface area (Å²) in [7, 11) is 0. The van der Waals surface area contributed by atoms with Crippen molar-refractivity contribution < 1.29 is 0 Å². The first-order valence-corrected chi connectivity index (χ1v) is 20.6. The van der Waals surface area contributed by atoms with Gasteiger partial charge in [-0.2, -0.15) is 0 Å². The summed E-state index contributed by atoms with van der Waals surface area (Å²) in [6, 6.07) is 0. The summed E-state index contributed by atoms with van der Waals surface area (Å²) in [6.45, 7) is 0. The first-order valence-electron chi connectivity index (χ1n) is 14.6. The lowest BCUT2D eigenvalue weighted by Gasteiger charge is -2.11. The van der Waals surface area contributed by atoms with Gasteiger partial charge in [-0.3, -0.25) is 0 Å². The largest absolute Gasteiger partial charge is 0.357 e.